The second kappa shape index (κ2) is 7.20. The second-order valence-corrected chi connectivity index (χ2v) is 5.92. The maximum atomic E-state index is 11.9. The smallest absolute Gasteiger partial charge is 0.315 e. The van der Waals surface area contributed by atoms with Crippen LogP contribution in [0.15, 0.2) is 18.2 Å². The van der Waals surface area contributed by atoms with Gasteiger partial charge in [-0.15, -0.1) is 0 Å². The molecule has 118 valence electrons. The molecule has 2 N–H and O–H groups in total. The summed E-state index contributed by atoms with van der Waals surface area (Å²) in [6, 6.07) is 5.46. The minimum absolute atomic E-state index is 0.177. The second-order valence-electron chi connectivity index (χ2n) is 5.92. The summed E-state index contributed by atoms with van der Waals surface area (Å²) in [7, 11) is 3.19. The number of ether oxygens (including phenoxy) is 2. The number of rotatable bonds is 6. The zero-order chi connectivity index (χ0) is 16.0. The lowest BCUT2D eigenvalue weighted by atomic mass is 9.94. The first-order chi connectivity index (χ1) is 9.80. The molecule has 1 aromatic carbocycles. The fourth-order valence-corrected chi connectivity index (χ4v) is 1.92. The molecule has 0 saturated carbocycles. The van der Waals surface area contributed by atoms with E-state index in [-0.39, 0.29) is 6.03 Å². The van der Waals surface area contributed by atoms with Gasteiger partial charge in [-0.05, 0) is 37.5 Å². The first-order valence-electron chi connectivity index (χ1n) is 7.08. The molecule has 5 heteroatoms. The summed E-state index contributed by atoms with van der Waals surface area (Å²) >= 11 is 0. The first-order valence-corrected chi connectivity index (χ1v) is 7.08. The van der Waals surface area contributed by atoms with E-state index in [1.165, 1.54) is 0 Å². The molecule has 1 rings (SSSR count). The molecule has 0 aliphatic heterocycles. The van der Waals surface area contributed by atoms with Crippen molar-refractivity contribution in [2.45, 2.75) is 33.2 Å². The van der Waals surface area contributed by atoms with Crippen LogP contribution in [0.5, 0.6) is 11.5 Å². The van der Waals surface area contributed by atoms with Crippen LogP contribution >= 0.6 is 0 Å². The monoisotopic (exact) mass is 294 g/mol. The zero-order valence-electron chi connectivity index (χ0n) is 13.7. The highest BCUT2D eigenvalue weighted by Gasteiger charge is 2.24. The quantitative estimate of drug-likeness (QED) is 0.848. The van der Waals surface area contributed by atoms with E-state index in [2.05, 4.69) is 24.5 Å². The Balaban J connectivity index is 2.84. The van der Waals surface area contributed by atoms with Gasteiger partial charge in [0.25, 0.3) is 0 Å². The van der Waals surface area contributed by atoms with Crippen LogP contribution in [0.25, 0.3) is 0 Å². The average molecular weight is 294 g/mol. The third-order valence-corrected chi connectivity index (χ3v) is 3.20. The minimum atomic E-state index is -0.513. The minimum Gasteiger partial charge on any atom is -0.493 e. The van der Waals surface area contributed by atoms with E-state index < -0.39 is 5.54 Å². The van der Waals surface area contributed by atoms with Crippen LogP contribution in [0.1, 0.15) is 33.3 Å². The molecule has 0 fully saturated rings. The fraction of sp³-hybridized carbons (Fsp3) is 0.562. The Kier molecular flexibility index (Phi) is 5.88. The van der Waals surface area contributed by atoms with Gasteiger partial charge in [-0.3, -0.25) is 0 Å². The number of hydrogen-bond acceptors (Lipinski definition) is 3. The summed E-state index contributed by atoms with van der Waals surface area (Å²) in [6.07, 6.45) is 0. The molecule has 0 aliphatic rings. The maximum Gasteiger partial charge on any atom is 0.315 e. The predicted octanol–water partition coefficient (Wildman–Crippen LogP) is 2.89. The van der Waals surface area contributed by atoms with Crippen LogP contribution in [-0.2, 0) is 5.54 Å². The third-order valence-electron chi connectivity index (χ3n) is 3.20. The molecule has 0 saturated heterocycles. The van der Waals surface area contributed by atoms with Crippen molar-refractivity contribution in [3.8, 4) is 11.5 Å². The van der Waals surface area contributed by atoms with Crippen molar-refractivity contribution in [2.24, 2.45) is 5.92 Å². The molecular formula is C16H26N2O3. The highest BCUT2D eigenvalue weighted by atomic mass is 16.5. The van der Waals surface area contributed by atoms with Crippen molar-refractivity contribution in [1.82, 2.24) is 10.6 Å². The molecule has 0 radical (unpaired) electrons. The Morgan fingerprint density at radius 1 is 1.19 bits per heavy atom. The van der Waals surface area contributed by atoms with Gasteiger partial charge in [0.15, 0.2) is 11.5 Å². The van der Waals surface area contributed by atoms with Gasteiger partial charge >= 0.3 is 6.03 Å². The van der Waals surface area contributed by atoms with E-state index in [4.69, 9.17) is 9.47 Å². The van der Waals surface area contributed by atoms with Gasteiger partial charge in [0.05, 0.1) is 19.8 Å². The molecule has 0 aliphatic carbocycles. The van der Waals surface area contributed by atoms with Gasteiger partial charge in [-0.25, -0.2) is 4.79 Å². The Hall–Kier alpha value is -1.91. The van der Waals surface area contributed by atoms with Gasteiger partial charge in [0, 0.05) is 6.54 Å². The van der Waals surface area contributed by atoms with Gasteiger partial charge in [0.1, 0.15) is 0 Å². The van der Waals surface area contributed by atoms with E-state index in [1.807, 2.05) is 32.0 Å². The average Bonchev–Trinajstić information content (AvgIpc) is 2.43. The zero-order valence-corrected chi connectivity index (χ0v) is 13.7. The molecule has 0 heterocycles. The fourth-order valence-electron chi connectivity index (χ4n) is 1.92. The number of carbonyl (C=O) groups excluding carboxylic acids is 1. The summed E-state index contributed by atoms with van der Waals surface area (Å²) in [4.78, 5) is 11.9. The highest BCUT2D eigenvalue weighted by molar-refractivity contribution is 5.75. The molecule has 21 heavy (non-hydrogen) atoms. The number of carbonyl (C=O) groups is 1. The Bertz CT molecular complexity index is 484. The van der Waals surface area contributed by atoms with E-state index in [0.29, 0.717) is 24.0 Å². The Morgan fingerprint density at radius 2 is 1.81 bits per heavy atom. The molecule has 0 unspecified atom stereocenters. The Morgan fingerprint density at radius 3 is 2.33 bits per heavy atom. The summed E-state index contributed by atoms with van der Waals surface area (Å²) in [5.74, 6) is 1.73. The third kappa shape index (κ3) is 4.85. The van der Waals surface area contributed by atoms with E-state index in [0.717, 1.165) is 5.56 Å². The van der Waals surface area contributed by atoms with Crippen LogP contribution in [0, 0.1) is 5.92 Å². The lowest BCUT2D eigenvalue weighted by Crippen LogP contribution is -2.47. The van der Waals surface area contributed by atoms with Gasteiger partial charge in [-0.2, -0.15) is 0 Å². The van der Waals surface area contributed by atoms with Crippen molar-refractivity contribution in [3.05, 3.63) is 23.8 Å². The normalized spacial score (nSPS) is 11.2. The first kappa shape index (κ1) is 17.1. The van der Waals surface area contributed by atoms with Crippen LogP contribution in [0.2, 0.25) is 0 Å². The van der Waals surface area contributed by atoms with Crippen LogP contribution in [0.4, 0.5) is 4.79 Å². The lowest BCUT2D eigenvalue weighted by molar-refractivity contribution is 0.228. The largest absolute Gasteiger partial charge is 0.493 e. The number of nitrogens with one attached hydrogen (secondary N) is 2. The topological polar surface area (TPSA) is 59.6 Å². The number of urea groups is 1. The number of hydrogen-bond donors (Lipinski definition) is 2. The molecule has 0 spiro atoms. The summed E-state index contributed by atoms with van der Waals surface area (Å²) in [6.45, 7) is 8.65. The van der Waals surface area contributed by atoms with E-state index in [9.17, 15) is 4.79 Å². The summed E-state index contributed by atoms with van der Waals surface area (Å²) in [5, 5.41) is 5.82. The molecule has 5 nitrogen and oxygen atoms in total. The van der Waals surface area contributed by atoms with Gasteiger partial charge in [0.2, 0.25) is 0 Å². The molecule has 0 aromatic heterocycles. The van der Waals surface area contributed by atoms with Crippen LogP contribution in [0.3, 0.4) is 0 Å². The predicted molar refractivity (Wildman–Crippen MR) is 83.9 cm³/mol. The number of methoxy groups -OCH3 is 2. The lowest BCUT2D eigenvalue weighted by Gasteiger charge is -2.28. The van der Waals surface area contributed by atoms with Crippen molar-refractivity contribution in [1.29, 1.82) is 0 Å². The van der Waals surface area contributed by atoms with Crippen LogP contribution in [-0.4, -0.2) is 26.8 Å². The van der Waals surface area contributed by atoms with Crippen molar-refractivity contribution in [3.63, 3.8) is 0 Å². The van der Waals surface area contributed by atoms with Crippen molar-refractivity contribution in [2.75, 3.05) is 20.8 Å². The van der Waals surface area contributed by atoms with E-state index >= 15 is 0 Å². The van der Waals surface area contributed by atoms with E-state index in [1.54, 1.807) is 14.2 Å². The van der Waals surface area contributed by atoms with Crippen molar-refractivity contribution >= 4 is 6.03 Å². The molecule has 0 bridgehead atoms. The molecule has 0 atom stereocenters. The SMILES string of the molecule is COc1ccc(C(C)(C)NC(=O)NCC(C)C)cc1OC. The molecular weight excluding hydrogens is 268 g/mol. The highest BCUT2D eigenvalue weighted by Crippen LogP contribution is 2.31. The standard InChI is InChI=1S/C16H26N2O3/c1-11(2)10-17-15(19)18-16(3,4)12-7-8-13(20-5)14(9-12)21-6/h7-9,11H,10H2,1-6H3,(H2,17,18,19). The van der Waals surface area contributed by atoms with Crippen molar-refractivity contribution < 1.29 is 14.3 Å². The maximum absolute atomic E-state index is 11.9. The Labute approximate surface area is 127 Å². The number of amides is 2. The molecule has 2 amide bonds. The number of benzene rings is 1. The summed E-state index contributed by atoms with van der Waals surface area (Å²) in [5.41, 5.74) is 0.431. The van der Waals surface area contributed by atoms with Gasteiger partial charge < -0.3 is 20.1 Å². The van der Waals surface area contributed by atoms with Gasteiger partial charge in [-0.1, -0.05) is 19.9 Å². The summed E-state index contributed by atoms with van der Waals surface area (Å²) < 4.78 is 10.5. The van der Waals surface area contributed by atoms with Crippen LogP contribution < -0.4 is 20.1 Å². The molecule has 1 aromatic rings.